The summed E-state index contributed by atoms with van der Waals surface area (Å²) in [6, 6.07) is 0. The fraction of sp³-hybridized carbons (Fsp3) is 1.00. The van der Waals surface area contributed by atoms with Crippen molar-refractivity contribution in [2.24, 2.45) is 0 Å². The zero-order chi connectivity index (χ0) is 17.9. The first-order valence-corrected chi connectivity index (χ1v) is 8.58. The maximum Gasteiger partial charge on any atom is 0.0707 e. The molecular formula is C17H36O7. The van der Waals surface area contributed by atoms with Gasteiger partial charge in [-0.3, -0.25) is 0 Å². The monoisotopic (exact) mass is 352 g/mol. The maximum atomic E-state index is 5.54. The van der Waals surface area contributed by atoms with Crippen molar-refractivity contribution in [1.82, 2.24) is 0 Å². The number of hydrogen-bond acceptors (Lipinski definition) is 7. The van der Waals surface area contributed by atoms with Crippen LogP contribution in [0.25, 0.3) is 0 Å². The van der Waals surface area contributed by atoms with Crippen molar-refractivity contribution < 1.29 is 33.2 Å². The van der Waals surface area contributed by atoms with Crippen molar-refractivity contribution in [2.75, 3.05) is 86.4 Å². The Balaban J connectivity index is 3.00. The molecule has 0 aliphatic heterocycles. The molecule has 0 spiro atoms. The predicted octanol–water partition coefficient (Wildman–Crippen LogP) is 1.53. The van der Waals surface area contributed by atoms with Crippen LogP contribution in [-0.4, -0.2) is 92.0 Å². The first-order chi connectivity index (χ1) is 11.6. The van der Waals surface area contributed by atoms with E-state index in [9.17, 15) is 0 Å². The molecule has 0 saturated heterocycles. The molecule has 0 saturated carbocycles. The van der Waals surface area contributed by atoms with Gasteiger partial charge in [0.15, 0.2) is 0 Å². The number of ether oxygens (including phenoxy) is 7. The Kier molecular flexibility index (Phi) is 17.3. The summed E-state index contributed by atoms with van der Waals surface area (Å²) in [5.74, 6) is 0. The van der Waals surface area contributed by atoms with Crippen molar-refractivity contribution in [3.05, 3.63) is 0 Å². The molecular weight excluding hydrogens is 316 g/mol. The standard InChI is InChI=1S/C17H36O7/c1-17(2,3)24-16-15-23-14-13-22-12-11-21-10-9-20-8-7-19-6-5-18-4/h5-16H2,1-4H3. The Hall–Kier alpha value is -0.280. The molecule has 7 heteroatoms. The molecule has 0 fully saturated rings. The van der Waals surface area contributed by atoms with Crippen LogP contribution >= 0.6 is 0 Å². The first kappa shape index (κ1) is 23.7. The quantitative estimate of drug-likeness (QED) is 0.347. The van der Waals surface area contributed by atoms with Gasteiger partial charge in [0, 0.05) is 7.11 Å². The second-order valence-electron chi connectivity index (χ2n) is 6.02. The van der Waals surface area contributed by atoms with E-state index >= 15 is 0 Å². The van der Waals surface area contributed by atoms with Gasteiger partial charge in [-0.15, -0.1) is 0 Å². The third-order valence-electron chi connectivity index (χ3n) is 2.68. The highest BCUT2D eigenvalue weighted by atomic mass is 16.6. The highest BCUT2D eigenvalue weighted by Crippen LogP contribution is 2.05. The van der Waals surface area contributed by atoms with Gasteiger partial charge < -0.3 is 33.2 Å². The summed E-state index contributed by atoms with van der Waals surface area (Å²) < 4.78 is 37.2. The summed E-state index contributed by atoms with van der Waals surface area (Å²) in [6.07, 6.45) is 0. The van der Waals surface area contributed by atoms with Crippen LogP contribution in [0.1, 0.15) is 20.8 Å². The van der Waals surface area contributed by atoms with Gasteiger partial charge in [-0.2, -0.15) is 0 Å². The fourth-order valence-corrected chi connectivity index (χ4v) is 1.53. The third-order valence-corrected chi connectivity index (χ3v) is 2.68. The Morgan fingerprint density at radius 3 is 1.04 bits per heavy atom. The molecule has 24 heavy (non-hydrogen) atoms. The van der Waals surface area contributed by atoms with Crippen LogP contribution in [0.15, 0.2) is 0 Å². The van der Waals surface area contributed by atoms with Crippen molar-refractivity contribution >= 4 is 0 Å². The molecule has 0 rings (SSSR count). The molecule has 7 nitrogen and oxygen atoms in total. The van der Waals surface area contributed by atoms with Crippen LogP contribution in [0.4, 0.5) is 0 Å². The lowest BCUT2D eigenvalue weighted by atomic mass is 10.2. The van der Waals surface area contributed by atoms with Gasteiger partial charge in [-0.05, 0) is 20.8 Å². The average molecular weight is 352 g/mol. The minimum absolute atomic E-state index is 0.113. The zero-order valence-corrected chi connectivity index (χ0v) is 15.8. The molecule has 0 amide bonds. The lowest BCUT2D eigenvalue weighted by Crippen LogP contribution is -2.22. The summed E-state index contributed by atoms with van der Waals surface area (Å²) in [5, 5.41) is 0. The second kappa shape index (κ2) is 17.5. The van der Waals surface area contributed by atoms with Crippen LogP contribution in [0, 0.1) is 0 Å². The zero-order valence-electron chi connectivity index (χ0n) is 15.8. The second-order valence-corrected chi connectivity index (χ2v) is 6.02. The fourth-order valence-electron chi connectivity index (χ4n) is 1.53. The van der Waals surface area contributed by atoms with E-state index in [1.165, 1.54) is 0 Å². The van der Waals surface area contributed by atoms with Crippen LogP contribution in [-0.2, 0) is 33.2 Å². The summed E-state index contributed by atoms with van der Waals surface area (Å²) in [4.78, 5) is 0. The molecule has 0 N–H and O–H groups in total. The lowest BCUT2D eigenvalue weighted by Gasteiger charge is -2.19. The molecule has 0 aromatic carbocycles. The van der Waals surface area contributed by atoms with E-state index in [1.807, 2.05) is 20.8 Å². The third kappa shape index (κ3) is 21.7. The van der Waals surface area contributed by atoms with E-state index in [1.54, 1.807) is 7.11 Å². The molecule has 0 radical (unpaired) electrons. The highest BCUT2D eigenvalue weighted by molar-refractivity contribution is 4.57. The Labute approximate surface area is 146 Å². The molecule has 0 heterocycles. The normalized spacial score (nSPS) is 12.0. The predicted molar refractivity (Wildman–Crippen MR) is 91.7 cm³/mol. The van der Waals surface area contributed by atoms with Crippen molar-refractivity contribution in [3.63, 3.8) is 0 Å². The van der Waals surface area contributed by atoms with Gasteiger partial charge in [0.2, 0.25) is 0 Å². The van der Waals surface area contributed by atoms with Gasteiger partial charge >= 0.3 is 0 Å². The lowest BCUT2D eigenvalue weighted by molar-refractivity contribution is -0.0465. The van der Waals surface area contributed by atoms with Crippen molar-refractivity contribution in [1.29, 1.82) is 0 Å². The van der Waals surface area contributed by atoms with Gasteiger partial charge in [-0.25, -0.2) is 0 Å². The van der Waals surface area contributed by atoms with Crippen molar-refractivity contribution in [3.8, 4) is 0 Å². The molecule has 146 valence electrons. The molecule has 0 unspecified atom stereocenters. The van der Waals surface area contributed by atoms with E-state index in [0.717, 1.165) is 0 Å². The minimum Gasteiger partial charge on any atom is -0.382 e. The van der Waals surface area contributed by atoms with Gasteiger partial charge in [-0.1, -0.05) is 0 Å². The first-order valence-electron chi connectivity index (χ1n) is 8.58. The summed E-state index contributed by atoms with van der Waals surface area (Å²) in [6.45, 7) is 13.0. The van der Waals surface area contributed by atoms with Gasteiger partial charge in [0.1, 0.15) is 0 Å². The Bertz CT molecular complexity index is 244. The largest absolute Gasteiger partial charge is 0.382 e. The van der Waals surface area contributed by atoms with E-state index in [0.29, 0.717) is 79.3 Å². The van der Waals surface area contributed by atoms with Gasteiger partial charge in [0.25, 0.3) is 0 Å². The van der Waals surface area contributed by atoms with E-state index < -0.39 is 0 Å². The number of hydrogen-bond donors (Lipinski definition) is 0. The minimum atomic E-state index is -0.113. The summed E-state index contributed by atoms with van der Waals surface area (Å²) >= 11 is 0. The molecule has 0 atom stereocenters. The number of methoxy groups -OCH3 is 1. The maximum absolute atomic E-state index is 5.54. The molecule has 0 aliphatic carbocycles. The molecule has 0 aromatic heterocycles. The van der Waals surface area contributed by atoms with Crippen LogP contribution in [0.5, 0.6) is 0 Å². The molecule has 0 aliphatic rings. The van der Waals surface area contributed by atoms with E-state index in [2.05, 4.69) is 0 Å². The topological polar surface area (TPSA) is 64.6 Å². The van der Waals surface area contributed by atoms with Gasteiger partial charge in [0.05, 0.1) is 84.9 Å². The van der Waals surface area contributed by atoms with Crippen LogP contribution < -0.4 is 0 Å². The summed E-state index contributed by atoms with van der Waals surface area (Å²) in [7, 11) is 1.65. The number of rotatable bonds is 18. The van der Waals surface area contributed by atoms with Crippen LogP contribution in [0.2, 0.25) is 0 Å². The van der Waals surface area contributed by atoms with E-state index in [4.69, 9.17) is 33.2 Å². The van der Waals surface area contributed by atoms with E-state index in [-0.39, 0.29) is 5.60 Å². The summed E-state index contributed by atoms with van der Waals surface area (Å²) in [5.41, 5.74) is -0.113. The SMILES string of the molecule is COCCOCCOCCOCCOCCOCCOC(C)(C)C. The average Bonchev–Trinajstić information content (AvgIpc) is 2.52. The smallest absolute Gasteiger partial charge is 0.0707 e. The highest BCUT2D eigenvalue weighted by Gasteiger charge is 2.08. The Morgan fingerprint density at radius 2 is 0.750 bits per heavy atom. The van der Waals surface area contributed by atoms with Crippen molar-refractivity contribution in [2.45, 2.75) is 26.4 Å². The van der Waals surface area contributed by atoms with Crippen LogP contribution in [0.3, 0.4) is 0 Å². The molecule has 0 bridgehead atoms. The Morgan fingerprint density at radius 1 is 0.458 bits per heavy atom. The molecule has 0 aromatic rings.